The number of thiophene rings is 1. The maximum absolute atomic E-state index is 12.2. The summed E-state index contributed by atoms with van der Waals surface area (Å²) < 4.78 is 1.79. The molecule has 0 aliphatic heterocycles. The van der Waals surface area contributed by atoms with Gasteiger partial charge in [-0.15, -0.1) is 11.3 Å². The average molecular weight is 352 g/mol. The van der Waals surface area contributed by atoms with Crippen LogP contribution in [0.3, 0.4) is 0 Å². The molecule has 0 unspecified atom stereocenters. The molecule has 2 aromatic heterocycles. The van der Waals surface area contributed by atoms with E-state index in [0.717, 1.165) is 22.7 Å². The van der Waals surface area contributed by atoms with Gasteiger partial charge < -0.3 is 4.90 Å². The third-order valence-electron chi connectivity index (χ3n) is 3.39. The highest BCUT2D eigenvalue weighted by atomic mass is 35.5. The SMILES string of the molecule is Cc1nn(CC(C)C)c(Cl)c1/C=C/C(=O)N(C)Cc1cccs1. The summed E-state index contributed by atoms with van der Waals surface area (Å²) in [5, 5.41) is 7.04. The second-order valence-electron chi connectivity index (χ2n) is 5.97. The fourth-order valence-electron chi connectivity index (χ4n) is 2.22. The summed E-state index contributed by atoms with van der Waals surface area (Å²) in [6.07, 6.45) is 3.32. The number of amides is 1. The Morgan fingerprint density at radius 1 is 1.52 bits per heavy atom. The summed E-state index contributed by atoms with van der Waals surface area (Å²) in [6.45, 7) is 7.51. The van der Waals surface area contributed by atoms with E-state index < -0.39 is 0 Å². The summed E-state index contributed by atoms with van der Waals surface area (Å²) in [5.74, 6) is 0.410. The summed E-state index contributed by atoms with van der Waals surface area (Å²) in [5.41, 5.74) is 1.64. The van der Waals surface area contributed by atoms with Crippen LogP contribution in [0.1, 0.15) is 30.0 Å². The molecule has 2 rings (SSSR count). The van der Waals surface area contributed by atoms with Crippen LogP contribution in [-0.4, -0.2) is 27.6 Å². The molecule has 0 aliphatic rings. The Hall–Kier alpha value is -1.59. The maximum atomic E-state index is 12.2. The lowest BCUT2D eigenvalue weighted by atomic mass is 10.2. The molecule has 0 saturated heterocycles. The van der Waals surface area contributed by atoms with E-state index in [1.807, 2.05) is 24.4 Å². The van der Waals surface area contributed by atoms with Gasteiger partial charge in [0.2, 0.25) is 5.91 Å². The zero-order valence-electron chi connectivity index (χ0n) is 13.9. The zero-order chi connectivity index (χ0) is 17.0. The van der Waals surface area contributed by atoms with Crippen molar-refractivity contribution in [1.82, 2.24) is 14.7 Å². The smallest absolute Gasteiger partial charge is 0.246 e. The monoisotopic (exact) mass is 351 g/mol. The van der Waals surface area contributed by atoms with Crippen molar-refractivity contribution < 1.29 is 4.79 Å². The van der Waals surface area contributed by atoms with Gasteiger partial charge in [0, 0.05) is 30.1 Å². The molecule has 23 heavy (non-hydrogen) atoms. The van der Waals surface area contributed by atoms with Gasteiger partial charge in [-0.25, -0.2) is 0 Å². The predicted octanol–water partition coefficient (Wildman–Crippen LogP) is 4.23. The Bertz CT molecular complexity index is 689. The molecule has 2 heterocycles. The van der Waals surface area contributed by atoms with Crippen LogP contribution in [-0.2, 0) is 17.9 Å². The van der Waals surface area contributed by atoms with Crippen molar-refractivity contribution in [1.29, 1.82) is 0 Å². The minimum Gasteiger partial charge on any atom is -0.337 e. The lowest BCUT2D eigenvalue weighted by Crippen LogP contribution is -2.23. The summed E-state index contributed by atoms with van der Waals surface area (Å²) in [6, 6.07) is 4.01. The molecule has 0 radical (unpaired) electrons. The molecule has 0 aromatic carbocycles. The Morgan fingerprint density at radius 3 is 2.87 bits per heavy atom. The first-order chi connectivity index (χ1) is 10.9. The van der Waals surface area contributed by atoms with Gasteiger partial charge in [-0.1, -0.05) is 31.5 Å². The first kappa shape index (κ1) is 17.8. The second-order valence-corrected chi connectivity index (χ2v) is 7.36. The zero-order valence-corrected chi connectivity index (χ0v) is 15.5. The largest absolute Gasteiger partial charge is 0.337 e. The van der Waals surface area contributed by atoms with E-state index >= 15 is 0 Å². The van der Waals surface area contributed by atoms with Gasteiger partial charge in [-0.05, 0) is 30.4 Å². The first-order valence-corrected chi connectivity index (χ1v) is 8.82. The Morgan fingerprint density at radius 2 is 2.26 bits per heavy atom. The van der Waals surface area contributed by atoms with Gasteiger partial charge in [0.15, 0.2) is 0 Å². The van der Waals surface area contributed by atoms with Crippen LogP contribution in [0.4, 0.5) is 0 Å². The number of carbonyl (C=O) groups is 1. The quantitative estimate of drug-likeness (QED) is 0.730. The van der Waals surface area contributed by atoms with Crippen LogP contribution >= 0.6 is 22.9 Å². The first-order valence-electron chi connectivity index (χ1n) is 7.57. The Labute approximate surface area is 146 Å². The molecule has 6 heteroatoms. The molecule has 0 N–H and O–H groups in total. The molecule has 0 saturated carbocycles. The van der Waals surface area contributed by atoms with Crippen LogP contribution in [0.2, 0.25) is 5.15 Å². The molecule has 124 valence electrons. The highest BCUT2D eigenvalue weighted by Crippen LogP contribution is 2.22. The molecule has 4 nitrogen and oxygen atoms in total. The minimum absolute atomic E-state index is 0.0505. The van der Waals surface area contributed by atoms with E-state index in [2.05, 4.69) is 18.9 Å². The highest BCUT2D eigenvalue weighted by molar-refractivity contribution is 7.09. The van der Waals surface area contributed by atoms with Gasteiger partial charge in [0.1, 0.15) is 5.15 Å². The average Bonchev–Trinajstić information content (AvgIpc) is 3.06. The number of rotatable bonds is 6. The predicted molar refractivity (Wildman–Crippen MR) is 96.6 cm³/mol. The minimum atomic E-state index is -0.0505. The summed E-state index contributed by atoms with van der Waals surface area (Å²) in [4.78, 5) is 15.1. The number of likely N-dealkylation sites (N-methyl/N-ethyl adjacent to an activating group) is 1. The fraction of sp³-hybridized carbons (Fsp3) is 0.412. The highest BCUT2D eigenvalue weighted by Gasteiger charge is 2.13. The lowest BCUT2D eigenvalue weighted by molar-refractivity contribution is -0.125. The van der Waals surface area contributed by atoms with Gasteiger partial charge >= 0.3 is 0 Å². The second kappa shape index (κ2) is 7.79. The number of halogens is 1. The van der Waals surface area contributed by atoms with Crippen molar-refractivity contribution in [2.24, 2.45) is 5.92 Å². The van der Waals surface area contributed by atoms with Crippen LogP contribution < -0.4 is 0 Å². The van der Waals surface area contributed by atoms with Crippen molar-refractivity contribution in [3.63, 3.8) is 0 Å². The van der Waals surface area contributed by atoms with E-state index in [-0.39, 0.29) is 5.91 Å². The van der Waals surface area contributed by atoms with Gasteiger partial charge in [-0.2, -0.15) is 5.10 Å². The van der Waals surface area contributed by atoms with Crippen molar-refractivity contribution in [2.75, 3.05) is 7.05 Å². The maximum Gasteiger partial charge on any atom is 0.246 e. The van der Waals surface area contributed by atoms with Gasteiger partial charge in [0.25, 0.3) is 0 Å². The van der Waals surface area contributed by atoms with Crippen molar-refractivity contribution in [2.45, 2.75) is 33.9 Å². The molecule has 0 bridgehead atoms. The molecular formula is C17H22ClN3OS. The number of hydrogen-bond acceptors (Lipinski definition) is 3. The third-order valence-corrected chi connectivity index (χ3v) is 4.65. The van der Waals surface area contributed by atoms with Crippen LogP contribution in [0.25, 0.3) is 6.08 Å². The Kier molecular flexibility index (Phi) is 6.02. The van der Waals surface area contributed by atoms with Crippen LogP contribution in [0.15, 0.2) is 23.6 Å². The molecule has 0 aliphatic carbocycles. The number of hydrogen-bond donors (Lipinski definition) is 0. The van der Waals surface area contributed by atoms with Gasteiger partial charge in [-0.3, -0.25) is 9.48 Å². The van der Waals surface area contributed by atoms with E-state index in [9.17, 15) is 4.79 Å². The fourth-order valence-corrected chi connectivity index (χ4v) is 3.28. The van der Waals surface area contributed by atoms with Crippen LogP contribution in [0, 0.1) is 12.8 Å². The summed E-state index contributed by atoms with van der Waals surface area (Å²) in [7, 11) is 1.79. The molecule has 1 amide bonds. The molecule has 0 fully saturated rings. The molecule has 0 spiro atoms. The third kappa shape index (κ3) is 4.69. The van der Waals surface area contributed by atoms with Gasteiger partial charge in [0.05, 0.1) is 12.2 Å². The lowest BCUT2D eigenvalue weighted by Gasteiger charge is -2.13. The van der Waals surface area contributed by atoms with Crippen molar-refractivity contribution in [3.8, 4) is 0 Å². The molecule has 2 aromatic rings. The summed E-state index contributed by atoms with van der Waals surface area (Å²) >= 11 is 8.02. The van der Waals surface area contributed by atoms with Crippen LogP contribution in [0.5, 0.6) is 0 Å². The van der Waals surface area contributed by atoms with E-state index in [1.54, 1.807) is 40.1 Å². The number of carbonyl (C=O) groups excluding carboxylic acids is 1. The Balaban J connectivity index is 2.07. The van der Waals surface area contributed by atoms with Crippen molar-refractivity contribution >= 4 is 34.9 Å². The molecule has 0 atom stereocenters. The number of aromatic nitrogens is 2. The number of aryl methyl sites for hydroxylation is 1. The number of nitrogens with zero attached hydrogens (tertiary/aromatic N) is 3. The normalized spacial score (nSPS) is 11.6. The molecular weight excluding hydrogens is 330 g/mol. The van der Waals surface area contributed by atoms with E-state index in [1.165, 1.54) is 0 Å². The van der Waals surface area contributed by atoms with E-state index in [0.29, 0.717) is 17.6 Å². The standard InChI is InChI=1S/C17H22ClN3OS/c1-12(2)10-21-17(18)15(13(3)19-21)7-8-16(22)20(4)11-14-6-5-9-23-14/h5-9,12H,10-11H2,1-4H3/b8-7+. The van der Waals surface area contributed by atoms with Crippen molar-refractivity contribution in [3.05, 3.63) is 44.9 Å². The topological polar surface area (TPSA) is 38.1 Å². The van der Waals surface area contributed by atoms with E-state index in [4.69, 9.17) is 11.6 Å².